The molecule has 31 heavy (non-hydrogen) atoms. The predicted octanol–water partition coefficient (Wildman–Crippen LogP) is 4.77. The van der Waals surface area contributed by atoms with E-state index in [2.05, 4.69) is 5.10 Å². The normalized spacial score (nSPS) is 14.6. The van der Waals surface area contributed by atoms with Gasteiger partial charge in [0, 0.05) is 5.56 Å². The van der Waals surface area contributed by atoms with Crippen molar-refractivity contribution in [2.24, 2.45) is 5.10 Å². The molecule has 0 spiro atoms. The van der Waals surface area contributed by atoms with Gasteiger partial charge in [-0.2, -0.15) is 10.1 Å². The average molecular weight is 412 g/mol. The highest BCUT2D eigenvalue weighted by Gasteiger charge is 2.28. The van der Waals surface area contributed by atoms with Gasteiger partial charge in [0.1, 0.15) is 12.4 Å². The molecule has 0 unspecified atom stereocenters. The number of carbonyl (C=O) groups excluding carboxylic acids is 1. The molecule has 4 rings (SSSR count). The minimum atomic E-state index is -0.966. The highest BCUT2D eigenvalue weighted by atomic mass is 16.5. The highest BCUT2D eigenvalue weighted by molar-refractivity contribution is 6.32. The van der Waals surface area contributed by atoms with E-state index in [0.29, 0.717) is 22.7 Å². The lowest BCUT2D eigenvalue weighted by molar-refractivity contribution is -0.114. The molecule has 1 N–H and O–H groups in total. The number of hydrogen-bond donors (Lipinski definition) is 1. The molecule has 154 valence electrons. The Morgan fingerprint density at radius 1 is 1.00 bits per heavy atom. The molecule has 1 heterocycles. The summed E-state index contributed by atoms with van der Waals surface area (Å²) in [6, 6.07) is 23.3. The van der Waals surface area contributed by atoms with E-state index < -0.39 is 5.97 Å². The number of carboxylic acid groups (broad SMARTS) is 1. The third-order valence-electron chi connectivity index (χ3n) is 4.88. The quantitative estimate of drug-likeness (QED) is 0.592. The van der Waals surface area contributed by atoms with E-state index in [1.165, 1.54) is 5.01 Å². The SMILES string of the molecule is CC1=NN(c2ccccc2)C(=O)/C1=C/c1ccccc1OCc1ccc(C(=O)O)cc1. The van der Waals surface area contributed by atoms with Crippen LogP contribution in [-0.4, -0.2) is 22.7 Å². The van der Waals surface area contributed by atoms with Gasteiger partial charge >= 0.3 is 5.97 Å². The van der Waals surface area contributed by atoms with Crippen LogP contribution < -0.4 is 9.75 Å². The molecule has 3 aromatic rings. The number of carboxylic acids is 1. The molecule has 1 aliphatic rings. The van der Waals surface area contributed by atoms with Crippen LogP contribution in [0, 0.1) is 0 Å². The van der Waals surface area contributed by atoms with Crippen LogP contribution in [0.3, 0.4) is 0 Å². The number of aromatic carboxylic acids is 1. The molecule has 6 heteroatoms. The molecule has 0 saturated heterocycles. The number of anilines is 1. The second-order valence-corrected chi connectivity index (χ2v) is 7.02. The standard InChI is InChI=1S/C25H20N2O4/c1-17-22(24(28)27(26-17)21-8-3-2-4-9-21)15-20-7-5-6-10-23(20)31-16-18-11-13-19(14-12-18)25(29)30/h2-15H,16H2,1H3,(H,29,30)/b22-15+. The zero-order chi connectivity index (χ0) is 21.8. The van der Waals surface area contributed by atoms with Gasteiger partial charge in [0.2, 0.25) is 0 Å². The first kappa shape index (κ1) is 20.1. The van der Waals surface area contributed by atoms with Gasteiger partial charge in [-0.1, -0.05) is 48.5 Å². The summed E-state index contributed by atoms with van der Waals surface area (Å²) in [5.74, 6) is -0.536. The highest BCUT2D eigenvalue weighted by Crippen LogP contribution is 2.28. The zero-order valence-electron chi connectivity index (χ0n) is 16.9. The Morgan fingerprint density at radius 3 is 2.39 bits per heavy atom. The summed E-state index contributed by atoms with van der Waals surface area (Å²) in [5.41, 5.74) is 3.68. The number of benzene rings is 3. The van der Waals surface area contributed by atoms with Crippen molar-refractivity contribution >= 4 is 29.4 Å². The van der Waals surface area contributed by atoms with Crippen LogP contribution in [0.4, 0.5) is 5.69 Å². The average Bonchev–Trinajstić information content (AvgIpc) is 3.07. The molecule has 0 saturated carbocycles. The van der Waals surface area contributed by atoms with Crippen molar-refractivity contribution < 1.29 is 19.4 Å². The summed E-state index contributed by atoms with van der Waals surface area (Å²) in [5, 5.41) is 14.8. The number of hydrazone groups is 1. The summed E-state index contributed by atoms with van der Waals surface area (Å²) in [6.07, 6.45) is 1.78. The third-order valence-corrected chi connectivity index (χ3v) is 4.88. The van der Waals surface area contributed by atoms with Crippen LogP contribution in [0.1, 0.15) is 28.4 Å². The maximum Gasteiger partial charge on any atom is 0.335 e. The fraction of sp³-hybridized carbons (Fsp3) is 0.0800. The van der Waals surface area contributed by atoms with Crippen molar-refractivity contribution in [2.75, 3.05) is 5.01 Å². The molecule has 0 bridgehead atoms. The maximum atomic E-state index is 13.0. The summed E-state index contributed by atoms with van der Waals surface area (Å²) >= 11 is 0. The Morgan fingerprint density at radius 2 is 1.68 bits per heavy atom. The predicted molar refractivity (Wildman–Crippen MR) is 119 cm³/mol. The van der Waals surface area contributed by atoms with Crippen LogP contribution in [0.5, 0.6) is 5.75 Å². The fourth-order valence-corrected chi connectivity index (χ4v) is 3.22. The lowest BCUT2D eigenvalue weighted by Crippen LogP contribution is -2.21. The van der Waals surface area contributed by atoms with Crippen LogP contribution in [0.2, 0.25) is 0 Å². The van der Waals surface area contributed by atoms with E-state index in [0.717, 1.165) is 11.1 Å². The van der Waals surface area contributed by atoms with Crippen LogP contribution in [0.15, 0.2) is 89.5 Å². The molecule has 0 aromatic heterocycles. The van der Waals surface area contributed by atoms with Gasteiger partial charge in [0.05, 0.1) is 22.5 Å². The first-order valence-electron chi connectivity index (χ1n) is 9.74. The van der Waals surface area contributed by atoms with Gasteiger partial charge in [0.25, 0.3) is 5.91 Å². The number of para-hydroxylation sites is 2. The number of nitrogens with zero attached hydrogens (tertiary/aromatic N) is 2. The molecule has 0 radical (unpaired) electrons. The summed E-state index contributed by atoms with van der Waals surface area (Å²) in [4.78, 5) is 23.9. The molecule has 0 fully saturated rings. The van der Waals surface area contributed by atoms with Crippen LogP contribution in [-0.2, 0) is 11.4 Å². The fourth-order valence-electron chi connectivity index (χ4n) is 3.22. The summed E-state index contributed by atoms with van der Waals surface area (Å²) in [6.45, 7) is 2.08. The van der Waals surface area contributed by atoms with E-state index in [1.54, 1.807) is 37.3 Å². The first-order chi connectivity index (χ1) is 15.0. The van der Waals surface area contributed by atoms with Gasteiger partial charge in [-0.15, -0.1) is 0 Å². The molecule has 1 aliphatic heterocycles. The summed E-state index contributed by atoms with van der Waals surface area (Å²) in [7, 11) is 0. The van der Waals surface area contributed by atoms with E-state index in [-0.39, 0.29) is 18.1 Å². The van der Waals surface area contributed by atoms with Crippen LogP contribution in [0.25, 0.3) is 6.08 Å². The first-order valence-corrected chi connectivity index (χ1v) is 9.74. The second-order valence-electron chi connectivity index (χ2n) is 7.02. The number of carbonyl (C=O) groups is 2. The lowest BCUT2D eigenvalue weighted by Gasteiger charge is -2.12. The van der Waals surface area contributed by atoms with Gasteiger partial charge < -0.3 is 9.84 Å². The smallest absolute Gasteiger partial charge is 0.335 e. The van der Waals surface area contributed by atoms with Crippen molar-refractivity contribution in [1.29, 1.82) is 0 Å². The Hall–Kier alpha value is -4.19. The minimum Gasteiger partial charge on any atom is -0.488 e. The summed E-state index contributed by atoms with van der Waals surface area (Å²) < 4.78 is 5.96. The maximum absolute atomic E-state index is 13.0. The number of rotatable bonds is 6. The lowest BCUT2D eigenvalue weighted by atomic mass is 10.1. The Bertz CT molecular complexity index is 1180. The van der Waals surface area contributed by atoms with Crippen molar-refractivity contribution in [3.05, 3.63) is 101 Å². The van der Waals surface area contributed by atoms with Gasteiger partial charge in [-0.3, -0.25) is 4.79 Å². The number of hydrogen-bond acceptors (Lipinski definition) is 4. The van der Waals surface area contributed by atoms with E-state index in [9.17, 15) is 9.59 Å². The largest absolute Gasteiger partial charge is 0.488 e. The van der Waals surface area contributed by atoms with Crippen molar-refractivity contribution in [3.8, 4) is 5.75 Å². The molecule has 0 aliphatic carbocycles. The third kappa shape index (κ3) is 4.38. The van der Waals surface area contributed by atoms with Crippen molar-refractivity contribution in [1.82, 2.24) is 0 Å². The minimum absolute atomic E-state index is 0.192. The molecule has 1 amide bonds. The second kappa shape index (κ2) is 8.67. The van der Waals surface area contributed by atoms with Crippen LogP contribution >= 0.6 is 0 Å². The molecule has 0 atom stereocenters. The topological polar surface area (TPSA) is 79.2 Å². The Balaban J connectivity index is 1.54. The van der Waals surface area contributed by atoms with E-state index in [4.69, 9.17) is 9.84 Å². The number of ether oxygens (including phenoxy) is 1. The molecular formula is C25H20N2O4. The van der Waals surface area contributed by atoms with Crippen molar-refractivity contribution in [3.63, 3.8) is 0 Å². The van der Waals surface area contributed by atoms with E-state index >= 15 is 0 Å². The van der Waals surface area contributed by atoms with E-state index in [1.807, 2.05) is 54.6 Å². The zero-order valence-corrected chi connectivity index (χ0v) is 16.9. The van der Waals surface area contributed by atoms with Gasteiger partial charge in [0.15, 0.2) is 0 Å². The molecule has 6 nitrogen and oxygen atoms in total. The van der Waals surface area contributed by atoms with Crippen molar-refractivity contribution in [2.45, 2.75) is 13.5 Å². The molecular weight excluding hydrogens is 392 g/mol. The van der Waals surface area contributed by atoms with Gasteiger partial charge in [-0.25, -0.2) is 4.79 Å². The molecule has 3 aromatic carbocycles. The monoisotopic (exact) mass is 412 g/mol. The Labute approximate surface area is 179 Å². The Kier molecular flexibility index (Phi) is 5.62. The van der Waals surface area contributed by atoms with Gasteiger partial charge in [-0.05, 0) is 48.9 Å². The number of amides is 1.